The summed E-state index contributed by atoms with van der Waals surface area (Å²) in [4.78, 5) is 2.07. The fourth-order valence-electron chi connectivity index (χ4n) is 3.24. The lowest BCUT2D eigenvalue weighted by Gasteiger charge is -2.34. The molecule has 4 heteroatoms. The number of benzene rings is 1. The van der Waals surface area contributed by atoms with E-state index in [1.165, 1.54) is 6.07 Å². The number of hydrogen-bond acceptors (Lipinski definition) is 2. The van der Waals surface area contributed by atoms with Gasteiger partial charge >= 0.3 is 0 Å². The Morgan fingerprint density at radius 2 is 1.89 bits per heavy atom. The van der Waals surface area contributed by atoms with Crippen molar-refractivity contribution >= 4 is 5.69 Å². The molecule has 2 saturated heterocycles. The van der Waals surface area contributed by atoms with Crippen LogP contribution in [0.3, 0.4) is 0 Å². The first-order valence-electron chi connectivity index (χ1n) is 6.59. The molecular weight excluding hydrogens is 234 g/mol. The second-order valence-electron chi connectivity index (χ2n) is 5.52. The molecule has 1 aromatic rings. The van der Waals surface area contributed by atoms with Crippen LogP contribution in [0.4, 0.5) is 14.5 Å². The molecule has 2 fully saturated rings. The quantitative estimate of drug-likeness (QED) is 0.826. The van der Waals surface area contributed by atoms with E-state index < -0.39 is 11.6 Å². The maximum absolute atomic E-state index is 13.8. The largest absolute Gasteiger partial charge is 0.369 e. The van der Waals surface area contributed by atoms with Gasteiger partial charge in [0.05, 0.1) is 5.69 Å². The van der Waals surface area contributed by atoms with Gasteiger partial charge in [-0.05, 0) is 49.9 Å². The minimum absolute atomic E-state index is 0.339. The molecule has 3 rings (SSSR count). The molecule has 0 radical (unpaired) electrons. The topological polar surface area (TPSA) is 15.3 Å². The Labute approximate surface area is 106 Å². The zero-order valence-corrected chi connectivity index (χ0v) is 10.4. The SMILES string of the molecule is Fc1ccc(N2CCC3(CCNCC3)C2)c(F)c1. The second kappa shape index (κ2) is 4.50. The standard InChI is InChI=1S/C14H18F2N2/c15-11-1-2-13(12(16)9-11)18-8-5-14(10-18)3-6-17-7-4-14/h1-2,9,17H,3-8,10H2. The average Bonchev–Trinajstić information content (AvgIpc) is 2.74. The van der Waals surface area contributed by atoms with Gasteiger partial charge in [-0.15, -0.1) is 0 Å². The predicted octanol–water partition coefficient (Wildman–Crippen LogP) is 2.54. The summed E-state index contributed by atoms with van der Waals surface area (Å²) in [6.07, 6.45) is 3.43. The van der Waals surface area contributed by atoms with Gasteiger partial charge in [-0.3, -0.25) is 0 Å². The highest BCUT2D eigenvalue weighted by atomic mass is 19.1. The number of halogens is 2. The number of nitrogens with zero attached hydrogens (tertiary/aromatic N) is 1. The van der Waals surface area contributed by atoms with Gasteiger partial charge < -0.3 is 10.2 Å². The van der Waals surface area contributed by atoms with Gasteiger partial charge in [0.15, 0.2) is 0 Å². The first-order chi connectivity index (χ1) is 8.69. The number of nitrogens with one attached hydrogen (secondary N) is 1. The summed E-state index contributed by atoms with van der Waals surface area (Å²) in [6, 6.07) is 3.87. The van der Waals surface area contributed by atoms with E-state index in [0.29, 0.717) is 11.1 Å². The molecule has 0 bridgehead atoms. The van der Waals surface area contributed by atoms with Crippen molar-refractivity contribution in [1.29, 1.82) is 0 Å². The third kappa shape index (κ3) is 2.09. The smallest absolute Gasteiger partial charge is 0.149 e. The third-order valence-electron chi connectivity index (χ3n) is 4.35. The van der Waals surface area contributed by atoms with Crippen LogP contribution in [0.1, 0.15) is 19.3 Å². The summed E-state index contributed by atoms with van der Waals surface area (Å²) >= 11 is 0. The van der Waals surface area contributed by atoms with Gasteiger partial charge in [0, 0.05) is 19.2 Å². The van der Waals surface area contributed by atoms with E-state index in [1.807, 2.05) is 0 Å². The Kier molecular flexibility index (Phi) is 2.98. The molecule has 0 aromatic heterocycles. The van der Waals surface area contributed by atoms with Gasteiger partial charge in [-0.25, -0.2) is 8.78 Å². The molecule has 2 nitrogen and oxygen atoms in total. The molecule has 1 spiro atoms. The van der Waals surface area contributed by atoms with Gasteiger partial charge in [0.25, 0.3) is 0 Å². The van der Waals surface area contributed by atoms with Crippen molar-refractivity contribution in [3.63, 3.8) is 0 Å². The maximum Gasteiger partial charge on any atom is 0.149 e. The minimum atomic E-state index is -0.507. The molecule has 2 aliphatic heterocycles. The van der Waals surface area contributed by atoms with Crippen molar-refractivity contribution in [2.24, 2.45) is 5.41 Å². The predicted molar refractivity (Wildman–Crippen MR) is 67.7 cm³/mol. The van der Waals surface area contributed by atoms with Crippen LogP contribution in [0.5, 0.6) is 0 Å². The zero-order chi connectivity index (χ0) is 12.6. The van der Waals surface area contributed by atoms with E-state index in [9.17, 15) is 8.78 Å². The lowest BCUT2D eigenvalue weighted by molar-refractivity contribution is 0.232. The number of rotatable bonds is 1. The molecule has 18 heavy (non-hydrogen) atoms. The lowest BCUT2D eigenvalue weighted by Crippen LogP contribution is -2.38. The van der Waals surface area contributed by atoms with E-state index >= 15 is 0 Å². The Morgan fingerprint density at radius 3 is 2.61 bits per heavy atom. The summed E-state index contributed by atoms with van der Waals surface area (Å²) in [7, 11) is 0. The highest BCUT2D eigenvalue weighted by molar-refractivity contribution is 5.49. The Bertz CT molecular complexity index is 441. The second-order valence-corrected chi connectivity index (χ2v) is 5.52. The number of hydrogen-bond donors (Lipinski definition) is 1. The van der Waals surface area contributed by atoms with Crippen LogP contribution in [0.25, 0.3) is 0 Å². The van der Waals surface area contributed by atoms with Crippen molar-refractivity contribution in [1.82, 2.24) is 5.32 Å². The lowest BCUT2D eigenvalue weighted by atomic mass is 9.78. The molecule has 98 valence electrons. The molecule has 2 aliphatic rings. The van der Waals surface area contributed by atoms with Crippen LogP contribution in [0, 0.1) is 17.0 Å². The maximum atomic E-state index is 13.8. The highest BCUT2D eigenvalue weighted by Crippen LogP contribution is 2.40. The zero-order valence-electron chi connectivity index (χ0n) is 10.4. The molecule has 0 unspecified atom stereocenters. The third-order valence-corrected chi connectivity index (χ3v) is 4.35. The summed E-state index contributed by atoms with van der Waals surface area (Å²) in [5.74, 6) is -0.951. The fraction of sp³-hybridized carbons (Fsp3) is 0.571. The van der Waals surface area contributed by atoms with E-state index in [1.54, 1.807) is 6.07 Å². The van der Waals surface area contributed by atoms with Crippen molar-refractivity contribution in [3.05, 3.63) is 29.8 Å². The van der Waals surface area contributed by atoms with Crippen LogP contribution in [-0.2, 0) is 0 Å². The van der Waals surface area contributed by atoms with Crippen LogP contribution in [0.2, 0.25) is 0 Å². The highest BCUT2D eigenvalue weighted by Gasteiger charge is 2.39. The molecule has 1 N–H and O–H groups in total. The molecule has 2 heterocycles. The van der Waals surface area contributed by atoms with E-state index in [2.05, 4.69) is 10.2 Å². The van der Waals surface area contributed by atoms with Crippen LogP contribution in [-0.4, -0.2) is 26.2 Å². The summed E-state index contributed by atoms with van der Waals surface area (Å²) in [5, 5.41) is 3.37. The number of anilines is 1. The van der Waals surface area contributed by atoms with Gasteiger partial charge in [0.2, 0.25) is 0 Å². The average molecular weight is 252 g/mol. The van der Waals surface area contributed by atoms with E-state index in [4.69, 9.17) is 0 Å². The van der Waals surface area contributed by atoms with Gasteiger partial charge in [0.1, 0.15) is 11.6 Å². The number of piperidine rings is 1. The molecule has 0 amide bonds. The van der Waals surface area contributed by atoms with E-state index in [0.717, 1.165) is 51.5 Å². The van der Waals surface area contributed by atoms with Crippen molar-refractivity contribution < 1.29 is 8.78 Å². The van der Waals surface area contributed by atoms with Crippen molar-refractivity contribution in [2.45, 2.75) is 19.3 Å². The van der Waals surface area contributed by atoms with Crippen LogP contribution in [0.15, 0.2) is 18.2 Å². The van der Waals surface area contributed by atoms with Gasteiger partial charge in [-0.2, -0.15) is 0 Å². The van der Waals surface area contributed by atoms with Crippen LogP contribution >= 0.6 is 0 Å². The first-order valence-corrected chi connectivity index (χ1v) is 6.59. The molecule has 0 saturated carbocycles. The first kappa shape index (κ1) is 11.9. The van der Waals surface area contributed by atoms with Crippen LogP contribution < -0.4 is 10.2 Å². The minimum Gasteiger partial charge on any atom is -0.369 e. The monoisotopic (exact) mass is 252 g/mol. The summed E-state index contributed by atoms with van der Waals surface area (Å²) in [5.41, 5.74) is 0.887. The Balaban J connectivity index is 1.78. The normalized spacial score (nSPS) is 22.7. The Morgan fingerprint density at radius 1 is 1.11 bits per heavy atom. The fourth-order valence-corrected chi connectivity index (χ4v) is 3.24. The molecule has 1 aromatic carbocycles. The molecule has 0 atom stereocenters. The van der Waals surface area contributed by atoms with Gasteiger partial charge in [-0.1, -0.05) is 0 Å². The molecular formula is C14H18F2N2. The van der Waals surface area contributed by atoms with E-state index in [-0.39, 0.29) is 0 Å². The summed E-state index contributed by atoms with van der Waals surface area (Å²) < 4.78 is 26.7. The van der Waals surface area contributed by atoms with Crippen molar-refractivity contribution in [2.75, 3.05) is 31.1 Å². The summed E-state index contributed by atoms with van der Waals surface area (Å²) in [6.45, 7) is 3.89. The Hall–Kier alpha value is -1.16. The molecule has 0 aliphatic carbocycles. The van der Waals surface area contributed by atoms with Crippen molar-refractivity contribution in [3.8, 4) is 0 Å².